The zero-order chi connectivity index (χ0) is 18.0. The van der Waals surface area contributed by atoms with Gasteiger partial charge in [0, 0.05) is 18.7 Å². The summed E-state index contributed by atoms with van der Waals surface area (Å²) in [4.78, 5) is 24.8. The number of anilines is 1. The topological polar surface area (TPSA) is 81.9 Å². The molecule has 0 aliphatic carbocycles. The third kappa shape index (κ3) is 3.40. The minimum absolute atomic E-state index is 0.0258. The molecule has 0 bridgehead atoms. The van der Waals surface area contributed by atoms with Crippen molar-refractivity contribution in [2.45, 2.75) is 19.4 Å². The highest BCUT2D eigenvalue weighted by Gasteiger charge is 2.30. The van der Waals surface area contributed by atoms with Crippen LogP contribution in [0.1, 0.15) is 12.5 Å². The van der Waals surface area contributed by atoms with Gasteiger partial charge >= 0.3 is 0 Å². The molecule has 1 heterocycles. The molecule has 130 valence electrons. The number of fused-ring (bicyclic) bond motifs is 1. The Labute approximate surface area is 144 Å². The van der Waals surface area contributed by atoms with E-state index >= 15 is 0 Å². The number of nitro groups is 1. The first kappa shape index (κ1) is 16.8. The van der Waals surface area contributed by atoms with E-state index in [4.69, 9.17) is 9.47 Å². The van der Waals surface area contributed by atoms with Crippen LogP contribution in [0, 0.1) is 10.1 Å². The Morgan fingerprint density at radius 3 is 2.52 bits per heavy atom. The van der Waals surface area contributed by atoms with Crippen molar-refractivity contribution in [1.82, 2.24) is 0 Å². The second-order valence-corrected chi connectivity index (χ2v) is 5.75. The number of non-ortho nitro benzene ring substituents is 1. The maximum absolute atomic E-state index is 12.7. The van der Waals surface area contributed by atoms with E-state index in [1.165, 1.54) is 12.1 Å². The van der Waals surface area contributed by atoms with Gasteiger partial charge in [-0.2, -0.15) is 0 Å². The summed E-state index contributed by atoms with van der Waals surface area (Å²) in [6, 6.07) is 11.6. The van der Waals surface area contributed by atoms with Gasteiger partial charge in [0.25, 0.3) is 11.6 Å². The number of benzene rings is 2. The predicted octanol–water partition coefficient (Wildman–Crippen LogP) is 2.96. The Bertz CT molecular complexity index is 804. The number of nitrogens with zero attached hydrogens (tertiary/aromatic N) is 2. The average Bonchev–Trinajstić information content (AvgIpc) is 3.04. The van der Waals surface area contributed by atoms with Gasteiger partial charge in [-0.25, -0.2) is 0 Å². The molecule has 0 N–H and O–H groups in total. The molecule has 1 aliphatic heterocycles. The molecule has 2 aromatic rings. The molecule has 1 amide bonds. The summed E-state index contributed by atoms with van der Waals surface area (Å²) in [6.07, 6.45) is -0.0347. The third-order valence-electron chi connectivity index (χ3n) is 4.16. The Morgan fingerprint density at radius 2 is 1.88 bits per heavy atom. The zero-order valence-electron chi connectivity index (χ0n) is 14.0. The first-order valence-corrected chi connectivity index (χ1v) is 7.89. The lowest BCUT2D eigenvalue weighted by Gasteiger charge is -2.22. The number of carbonyl (C=O) groups excluding carboxylic acids is 1. The lowest BCUT2D eigenvalue weighted by Crippen LogP contribution is -2.39. The van der Waals surface area contributed by atoms with Crippen LogP contribution in [0.4, 0.5) is 11.4 Å². The zero-order valence-corrected chi connectivity index (χ0v) is 14.0. The highest BCUT2D eigenvalue weighted by atomic mass is 16.6. The Kier molecular flexibility index (Phi) is 4.56. The third-order valence-corrected chi connectivity index (χ3v) is 4.16. The van der Waals surface area contributed by atoms with Crippen LogP contribution < -0.4 is 14.4 Å². The van der Waals surface area contributed by atoms with Crippen LogP contribution in [-0.2, 0) is 11.2 Å². The number of rotatable bonds is 5. The van der Waals surface area contributed by atoms with E-state index in [2.05, 4.69) is 0 Å². The molecule has 7 heteroatoms. The molecule has 1 unspecified atom stereocenters. The fourth-order valence-electron chi connectivity index (χ4n) is 2.84. The molecule has 25 heavy (non-hydrogen) atoms. The van der Waals surface area contributed by atoms with E-state index in [0.717, 1.165) is 5.56 Å². The van der Waals surface area contributed by atoms with E-state index in [1.54, 1.807) is 49.3 Å². The van der Waals surface area contributed by atoms with Crippen molar-refractivity contribution in [2.75, 3.05) is 18.6 Å². The van der Waals surface area contributed by atoms with Crippen molar-refractivity contribution in [3.8, 4) is 11.5 Å². The summed E-state index contributed by atoms with van der Waals surface area (Å²) in [6.45, 7) is 2.16. The number of hydrogen-bond donors (Lipinski definition) is 0. The summed E-state index contributed by atoms with van der Waals surface area (Å²) in [7, 11) is 1.58. The molecule has 0 aromatic heterocycles. The molecule has 7 nitrogen and oxygen atoms in total. The highest BCUT2D eigenvalue weighted by Crippen LogP contribution is 2.32. The van der Waals surface area contributed by atoms with E-state index in [9.17, 15) is 14.9 Å². The van der Waals surface area contributed by atoms with Gasteiger partial charge in [0.2, 0.25) is 0 Å². The molecule has 0 fully saturated rings. The minimum Gasteiger partial charge on any atom is -0.497 e. The molecule has 0 saturated carbocycles. The van der Waals surface area contributed by atoms with E-state index in [0.29, 0.717) is 30.2 Å². The summed E-state index contributed by atoms with van der Waals surface area (Å²) in [5.74, 6) is 1.03. The Balaban J connectivity index is 1.75. The van der Waals surface area contributed by atoms with Gasteiger partial charge in [-0.1, -0.05) is 6.07 Å². The molecular formula is C18H18N2O5. The van der Waals surface area contributed by atoms with Gasteiger partial charge in [-0.3, -0.25) is 14.9 Å². The van der Waals surface area contributed by atoms with Crippen LogP contribution >= 0.6 is 0 Å². The number of ether oxygens (including phenoxy) is 2. The van der Waals surface area contributed by atoms with Crippen molar-refractivity contribution in [3.63, 3.8) is 0 Å². The maximum atomic E-state index is 12.7. The van der Waals surface area contributed by atoms with Gasteiger partial charge in [0.05, 0.1) is 17.7 Å². The Morgan fingerprint density at radius 1 is 1.20 bits per heavy atom. The van der Waals surface area contributed by atoms with E-state index < -0.39 is 11.0 Å². The number of methoxy groups -OCH3 is 1. The SMILES string of the molecule is COc1ccc(OC(C)C(=O)N2CCc3ccc([N+](=O)[O-])cc32)cc1. The largest absolute Gasteiger partial charge is 0.497 e. The molecule has 0 saturated heterocycles. The van der Waals surface area contributed by atoms with Gasteiger partial charge in [0.15, 0.2) is 6.10 Å². The van der Waals surface area contributed by atoms with Crippen molar-refractivity contribution >= 4 is 17.3 Å². The summed E-state index contributed by atoms with van der Waals surface area (Å²) < 4.78 is 10.8. The van der Waals surface area contributed by atoms with Crippen LogP contribution in [0.2, 0.25) is 0 Å². The standard InChI is InChI=1S/C18H18N2O5/c1-12(25-16-7-5-15(24-2)6-8-16)18(21)19-10-9-13-3-4-14(20(22)23)11-17(13)19/h3-8,11-12H,9-10H2,1-2H3. The lowest BCUT2D eigenvalue weighted by molar-refractivity contribution is -0.384. The average molecular weight is 342 g/mol. The fraction of sp³-hybridized carbons (Fsp3) is 0.278. The highest BCUT2D eigenvalue weighted by molar-refractivity contribution is 5.98. The Hall–Kier alpha value is -3.09. The van der Waals surface area contributed by atoms with Crippen LogP contribution in [0.5, 0.6) is 11.5 Å². The molecular weight excluding hydrogens is 324 g/mol. The van der Waals surface area contributed by atoms with E-state index in [1.807, 2.05) is 0 Å². The monoisotopic (exact) mass is 342 g/mol. The molecule has 0 spiro atoms. The van der Waals surface area contributed by atoms with Crippen LogP contribution in [0.15, 0.2) is 42.5 Å². The molecule has 2 aromatic carbocycles. The molecule has 0 radical (unpaired) electrons. The lowest BCUT2D eigenvalue weighted by atomic mass is 10.1. The minimum atomic E-state index is -0.710. The summed E-state index contributed by atoms with van der Waals surface area (Å²) in [5, 5.41) is 11.0. The molecule has 1 atom stereocenters. The van der Waals surface area contributed by atoms with Crippen molar-refractivity contribution in [3.05, 3.63) is 58.1 Å². The van der Waals surface area contributed by atoms with Gasteiger partial charge in [0.1, 0.15) is 11.5 Å². The molecule has 1 aliphatic rings. The first-order chi connectivity index (χ1) is 12.0. The van der Waals surface area contributed by atoms with Crippen LogP contribution in [-0.4, -0.2) is 30.6 Å². The second kappa shape index (κ2) is 6.80. The normalized spacial score (nSPS) is 13.9. The summed E-state index contributed by atoms with van der Waals surface area (Å²) >= 11 is 0. The number of nitro benzene ring substituents is 1. The second-order valence-electron chi connectivity index (χ2n) is 5.75. The van der Waals surface area contributed by atoms with Gasteiger partial charge < -0.3 is 14.4 Å². The van der Waals surface area contributed by atoms with E-state index in [-0.39, 0.29) is 11.6 Å². The summed E-state index contributed by atoms with van der Waals surface area (Å²) in [5.41, 5.74) is 1.49. The quantitative estimate of drug-likeness (QED) is 0.616. The van der Waals surface area contributed by atoms with Crippen molar-refractivity contribution < 1.29 is 19.2 Å². The maximum Gasteiger partial charge on any atom is 0.271 e. The number of carbonyl (C=O) groups is 1. The number of amides is 1. The first-order valence-electron chi connectivity index (χ1n) is 7.89. The smallest absolute Gasteiger partial charge is 0.271 e. The number of hydrogen-bond acceptors (Lipinski definition) is 5. The molecule has 3 rings (SSSR count). The van der Waals surface area contributed by atoms with Crippen LogP contribution in [0.3, 0.4) is 0 Å². The predicted molar refractivity (Wildman–Crippen MR) is 92.2 cm³/mol. The van der Waals surface area contributed by atoms with Crippen LogP contribution in [0.25, 0.3) is 0 Å². The van der Waals surface area contributed by atoms with Gasteiger partial charge in [-0.15, -0.1) is 0 Å². The van der Waals surface area contributed by atoms with Crippen molar-refractivity contribution in [1.29, 1.82) is 0 Å². The van der Waals surface area contributed by atoms with Crippen molar-refractivity contribution in [2.24, 2.45) is 0 Å². The van der Waals surface area contributed by atoms with Gasteiger partial charge in [-0.05, 0) is 43.2 Å². The fourth-order valence-corrected chi connectivity index (χ4v) is 2.84.